The van der Waals surface area contributed by atoms with Gasteiger partial charge in [-0.1, -0.05) is 127 Å². The predicted molar refractivity (Wildman–Crippen MR) is 210 cm³/mol. The maximum atomic E-state index is 6.62. The van der Waals surface area contributed by atoms with Gasteiger partial charge in [-0.25, -0.2) is 4.98 Å². The lowest BCUT2D eigenvalue weighted by atomic mass is 9.97. The van der Waals surface area contributed by atoms with Gasteiger partial charge in [0, 0.05) is 44.9 Å². The number of nitrogens with zero attached hydrogens (tertiary/aromatic N) is 2. The molecule has 0 N–H and O–H groups in total. The van der Waals surface area contributed by atoms with Crippen molar-refractivity contribution < 1.29 is 8.83 Å². The molecule has 0 bridgehead atoms. The summed E-state index contributed by atoms with van der Waals surface area (Å²) >= 11 is 0. The monoisotopic (exact) mass is 654 g/mol. The molecule has 4 heteroatoms. The van der Waals surface area contributed by atoms with Gasteiger partial charge in [0.05, 0.1) is 5.69 Å². The third kappa shape index (κ3) is 4.96. The number of hydrogen-bond donors (Lipinski definition) is 0. The molecule has 0 unspecified atom stereocenters. The average molecular weight is 655 g/mol. The van der Waals surface area contributed by atoms with Crippen LogP contribution < -0.4 is 4.90 Å². The molecule has 4 nitrogen and oxygen atoms in total. The van der Waals surface area contributed by atoms with Gasteiger partial charge in [-0.05, 0) is 70.4 Å². The summed E-state index contributed by atoms with van der Waals surface area (Å²) in [6.45, 7) is 0. The number of para-hydroxylation sites is 2. The largest absolute Gasteiger partial charge is 0.456 e. The Balaban J connectivity index is 1.18. The Morgan fingerprint density at radius 2 is 1.12 bits per heavy atom. The van der Waals surface area contributed by atoms with Gasteiger partial charge < -0.3 is 13.7 Å². The first-order chi connectivity index (χ1) is 25.3. The Labute approximate surface area is 294 Å². The van der Waals surface area contributed by atoms with E-state index in [9.17, 15) is 0 Å². The van der Waals surface area contributed by atoms with E-state index in [1.54, 1.807) is 0 Å². The van der Waals surface area contributed by atoms with Crippen LogP contribution in [0, 0.1) is 0 Å². The molecule has 51 heavy (non-hydrogen) atoms. The number of aromatic nitrogens is 1. The molecule has 10 aromatic rings. The number of fused-ring (bicyclic) bond motifs is 5. The fourth-order valence-electron chi connectivity index (χ4n) is 7.30. The highest BCUT2D eigenvalue weighted by Crippen LogP contribution is 2.45. The van der Waals surface area contributed by atoms with Crippen LogP contribution in [0.3, 0.4) is 0 Å². The molecule has 10 rings (SSSR count). The molecule has 0 spiro atoms. The Kier molecular flexibility index (Phi) is 6.78. The van der Waals surface area contributed by atoms with Crippen molar-refractivity contribution in [2.24, 2.45) is 0 Å². The molecule has 0 aliphatic carbocycles. The molecule has 240 valence electrons. The summed E-state index contributed by atoms with van der Waals surface area (Å²) in [6, 6.07) is 63.4. The minimum absolute atomic E-state index is 0.584. The van der Waals surface area contributed by atoms with Crippen LogP contribution >= 0.6 is 0 Å². The molecule has 0 saturated heterocycles. The van der Waals surface area contributed by atoms with E-state index >= 15 is 0 Å². The summed E-state index contributed by atoms with van der Waals surface area (Å²) in [5, 5.41) is 4.46. The van der Waals surface area contributed by atoms with Gasteiger partial charge >= 0.3 is 0 Å². The zero-order chi connectivity index (χ0) is 33.7. The molecule has 0 aliphatic rings. The van der Waals surface area contributed by atoms with Crippen molar-refractivity contribution in [1.82, 2.24) is 4.98 Å². The Morgan fingerprint density at radius 1 is 0.451 bits per heavy atom. The number of oxazole rings is 1. The van der Waals surface area contributed by atoms with Gasteiger partial charge in [-0.3, -0.25) is 0 Å². The van der Waals surface area contributed by atoms with E-state index in [2.05, 4.69) is 138 Å². The van der Waals surface area contributed by atoms with Crippen molar-refractivity contribution in [3.63, 3.8) is 0 Å². The van der Waals surface area contributed by atoms with Crippen molar-refractivity contribution >= 4 is 60.9 Å². The highest BCUT2D eigenvalue weighted by atomic mass is 16.4. The van der Waals surface area contributed by atoms with E-state index in [1.165, 1.54) is 10.8 Å². The molecule has 0 aliphatic heterocycles. The second-order valence-electron chi connectivity index (χ2n) is 12.8. The molecule has 2 heterocycles. The average Bonchev–Trinajstić information content (AvgIpc) is 3.80. The quantitative estimate of drug-likeness (QED) is 0.179. The summed E-state index contributed by atoms with van der Waals surface area (Å²) in [7, 11) is 0. The fraction of sp³-hybridized carbons (Fsp3) is 0. The zero-order valence-electron chi connectivity index (χ0n) is 27.5. The zero-order valence-corrected chi connectivity index (χ0v) is 27.5. The van der Waals surface area contributed by atoms with Gasteiger partial charge in [0.25, 0.3) is 0 Å². The van der Waals surface area contributed by atoms with E-state index in [4.69, 9.17) is 13.8 Å². The van der Waals surface area contributed by atoms with Crippen LogP contribution in [0.1, 0.15) is 0 Å². The standard InChI is InChI=1S/C47H30N2O2/c1-3-14-32(15-4-1)38-19-9-11-21-41(38)49(37-28-23-31-13-7-8-18-35(31)29-37)36-26-24-33(25-27-36)44-45-39-20-10-12-22-42(39)50-43(45)30-40-46(44)51-47(48-40)34-16-5-2-6-17-34/h1-30H. The van der Waals surface area contributed by atoms with Crippen LogP contribution in [0.4, 0.5) is 17.1 Å². The van der Waals surface area contributed by atoms with Crippen molar-refractivity contribution in [3.05, 3.63) is 182 Å². The maximum absolute atomic E-state index is 6.62. The lowest BCUT2D eigenvalue weighted by Gasteiger charge is -2.28. The Hall–Kier alpha value is -6.91. The first kappa shape index (κ1) is 29.0. The van der Waals surface area contributed by atoms with Crippen LogP contribution in [-0.4, -0.2) is 4.98 Å². The van der Waals surface area contributed by atoms with Gasteiger partial charge in [-0.15, -0.1) is 0 Å². The molecule has 0 saturated carbocycles. The van der Waals surface area contributed by atoms with Crippen molar-refractivity contribution in [2.45, 2.75) is 0 Å². The van der Waals surface area contributed by atoms with E-state index < -0.39 is 0 Å². The van der Waals surface area contributed by atoms with E-state index in [0.29, 0.717) is 5.89 Å². The third-order valence-corrected chi connectivity index (χ3v) is 9.68. The van der Waals surface area contributed by atoms with Gasteiger partial charge in [0.15, 0.2) is 5.58 Å². The fourth-order valence-corrected chi connectivity index (χ4v) is 7.30. The minimum Gasteiger partial charge on any atom is -0.456 e. The molecule has 0 fully saturated rings. The maximum Gasteiger partial charge on any atom is 0.227 e. The normalized spacial score (nSPS) is 11.5. The smallest absolute Gasteiger partial charge is 0.227 e. The van der Waals surface area contributed by atoms with Crippen LogP contribution in [0.15, 0.2) is 191 Å². The minimum atomic E-state index is 0.584. The number of hydrogen-bond acceptors (Lipinski definition) is 4. The molecule has 8 aromatic carbocycles. The third-order valence-electron chi connectivity index (χ3n) is 9.68. The number of rotatable bonds is 6. The van der Waals surface area contributed by atoms with E-state index in [-0.39, 0.29) is 0 Å². The summed E-state index contributed by atoms with van der Waals surface area (Å²) in [4.78, 5) is 7.29. The summed E-state index contributed by atoms with van der Waals surface area (Å²) in [5.74, 6) is 0.584. The lowest BCUT2D eigenvalue weighted by Crippen LogP contribution is -2.11. The van der Waals surface area contributed by atoms with E-state index in [1.807, 2.05) is 48.5 Å². The SMILES string of the molecule is c1ccc(-c2nc3cc4oc5ccccc5c4c(-c4ccc(N(c5ccc6ccccc6c5)c5ccccc5-c5ccccc5)cc4)c3o2)cc1. The highest BCUT2D eigenvalue weighted by molar-refractivity contribution is 6.19. The molecule has 0 atom stereocenters. The molecule has 2 aromatic heterocycles. The van der Waals surface area contributed by atoms with Crippen molar-refractivity contribution in [1.29, 1.82) is 0 Å². The van der Waals surface area contributed by atoms with Crippen LogP contribution in [0.2, 0.25) is 0 Å². The summed E-state index contributed by atoms with van der Waals surface area (Å²) in [6.07, 6.45) is 0. The molecular weight excluding hydrogens is 625 g/mol. The second-order valence-corrected chi connectivity index (χ2v) is 12.8. The molecular formula is C47H30N2O2. The summed E-state index contributed by atoms with van der Waals surface area (Å²) < 4.78 is 13.0. The second kappa shape index (κ2) is 11.9. The van der Waals surface area contributed by atoms with Crippen molar-refractivity contribution in [3.8, 4) is 33.7 Å². The predicted octanol–water partition coefficient (Wildman–Crippen LogP) is 13.4. The van der Waals surface area contributed by atoms with Crippen molar-refractivity contribution in [2.75, 3.05) is 4.90 Å². The molecule has 0 radical (unpaired) electrons. The van der Waals surface area contributed by atoms with Crippen LogP contribution in [0.25, 0.3) is 77.5 Å². The Bertz CT molecular complexity index is 2850. The number of benzene rings is 8. The first-order valence-electron chi connectivity index (χ1n) is 17.1. The molecule has 0 amide bonds. The van der Waals surface area contributed by atoms with E-state index in [0.717, 1.165) is 77.9 Å². The van der Waals surface area contributed by atoms with Gasteiger partial charge in [0.2, 0.25) is 5.89 Å². The van der Waals surface area contributed by atoms with Crippen LogP contribution in [-0.2, 0) is 0 Å². The van der Waals surface area contributed by atoms with Crippen LogP contribution in [0.5, 0.6) is 0 Å². The number of furan rings is 1. The summed E-state index contributed by atoms with van der Waals surface area (Å²) in [5.41, 5.74) is 11.6. The Morgan fingerprint density at radius 3 is 1.94 bits per heavy atom. The number of anilines is 3. The lowest BCUT2D eigenvalue weighted by molar-refractivity contribution is 0.621. The highest BCUT2D eigenvalue weighted by Gasteiger charge is 2.23. The van der Waals surface area contributed by atoms with Gasteiger partial charge in [0.1, 0.15) is 16.7 Å². The first-order valence-corrected chi connectivity index (χ1v) is 17.1. The van der Waals surface area contributed by atoms with Gasteiger partial charge in [-0.2, -0.15) is 0 Å². The topological polar surface area (TPSA) is 42.4 Å².